The number of hydrogen-bond acceptors (Lipinski definition) is 5. The minimum absolute atomic E-state index is 0.117. The van der Waals surface area contributed by atoms with E-state index >= 15 is 0 Å². The molecule has 0 bridgehead atoms. The molecule has 0 aliphatic carbocycles. The maximum atomic E-state index is 12.9. The van der Waals surface area contributed by atoms with E-state index in [0.29, 0.717) is 16.2 Å². The standard InChI is InChI=1S/C19H23N3OS2/c1-12-9-10-22(16-7-5-6-8-17(16)25-12)18(23)11-24-19-20-14(3)13(2)15(4)21-19/h5-8,12H,9-11H2,1-4H3/t12-/m0/s1. The maximum absolute atomic E-state index is 12.9. The van der Waals surface area contributed by atoms with Gasteiger partial charge >= 0.3 is 0 Å². The molecule has 0 fully saturated rings. The van der Waals surface area contributed by atoms with Gasteiger partial charge < -0.3 is 4.90 Å². The third-order valence-electron chi connectivity index (χ3n) is 4.48. The third-order valence-corrected chi connectivity index (χ3v) is 6.55. The number of anilines is 1. The molecule has 3 rings (SSSR count). The Morgan fingerprint density at radius 2 is 1.92 bits per heavy atom. The molecule has 132 valence electrons. The molecule has 0 radical (unpaired) electrons. The van der Waals surface area contributed by atoms with Crippen LogP contribution in [-0.2, 0) is 4.79 Å². The lowest BCUT2D eigenvalue weighted by Gasteiger charge is -2.22. The molecule has 1 aliphatic heterocycles. The monoisotopic (exact) mass is 373 g/mol. The number of rotatable bonds is 3. The van der Waals surface area contributed by atoms with E-state index in [0.717, 1.165) is 35.6 Å². The fraction of sp³-hybridized carbons (Fsp3) is 0.421. The Bertz CT molecular complexity index is 771. The van der Waals surface area contributed by atoms with Gasteiger partial charge in [0.05, 0.1) is 11.4 Å². The van der Waals surface area contributed by atoms with E-state index in [9.17, 15) is 4.79 Å². The summed E-state index contributed by atoms with van der Waals surface area (Å²) in [6.07, 6.45) is 0.995. The van der Waals surface area contributed by atoms with Gasteiger partial charge in [0.1, 0.15) is 0 Å². The molecule has 1 amide bonds. The predicted octanol–water partition coefficient (Wildman–Crippen LogP) is 4.41. The smallest absolute Gasteiger partial charge is 0.237 e. The highest BCUT2D eigenvalue weighted by Crippen LogP contribution is 2.37. The van der Waals surface area contributed by atoms with Gasteiger partial charge in [0, 0.05) is 28.1 Å². The Hall–Kier alpha value is -1.53. The Labute approximate surface area is 157 Å². The number of thioether (sulfide) groups is 2. The van der Waals surface area contributed by atoms with Crippen molar-refractivity contribution in [1.29, 1.82) is 0 Å². The van der Waals surface area contributed by atoms with Crippen LogP contribution in [0.3, 0.4) is 0 Å². The van der Waals surface area contributed by atoms with Crippen LogP contribution in [0.1, 0.15) is 30.3 Å². The number of benzene rings is 1. The van der Waals surface area contributed by atoms with Crippen LogP contribution in [0.4, 0.5) is 5.69 Å². The molecule has 2 heterocycles. The Morgan fingerprint density at radius 1 is 1.24 bits per heavy atom. The molecule has 1 aromatic heterocycles. The summed E-state index contributed by atoms with van der Waals surface area (Å²) < 4.78 is 0. The summed E-state index contributed by atoms with van der Waals surface area (Å²) >= 11 is 3.27. The highest BCUT2D eigenvalue weighted by molar-refractivity contribution is 8.00. The Balaban J connectivity index is 1.75. The lowest BCUT2D eigenvalue weighted by atomic mass is 10.2. The summed E-state index contributed by atoms with van der Waals surface area (Å²) in [7, 11) is 0. The largest absolute Gasteiger partial charge is 0.311 e. The highest BCUT2D eigenvalue weighted by atomic mass is 32.2. The summed E-state index contributed by atoms with van der Waals surface area (Å²) in [5.41, 5.74) is 4.10. The average molecular weight is 374 g/mol. The summed E-state index contributed by atoms with van der Waals surface area (Å²) in [5, 5.41) is 1.19. The molecule has 0 spiro atoms. The van der Waals surface area contributed by atoms with Crippen molar-refractivity contribution in [2.45, 2.75) is 49.4 Å². The summed E-state index contributed by atoms with van der Waals surface area (Å²) in [4.78, 5) is 25.0. The lowest BCUT2D eigenvalue weighted by Crippen LogP contribution is -2.33. The molecule has 1 atom stereocenters. The van der Waals surface area contributed by atoms with Gasteiger partial charge in [-0.15, -0.1) is 11.8 Å². The number of aromatic nitrogens is 2. The van der Waals surface area contributed by atoms with Crippen molar-refractivity contribution in [3.05, 3.63) is 41.2 Å². The summed E-state index contributed by atoms with van der Waals surface area (Å²) in [5.74, 6) is 0.474. The number of aryl methyl sites for hydroxylation is 2. The summed E-state index contributed by atoms with van der Waals surface area (Å²) in [6.45, 7) is 8.98. The van der Waals surface area contributed by atoms with Crippen LogP contribution < -0.4 is 4.90 Å². The van der Waals surface area contributed by atoms with Crippen molar-refractivity contribution in [2.24, 2.45) is 0 Å². The van der Waals surface area contributed by atoms with E-state index < -0.39 is 0 Å². The van der Waals surface area contributed by atoms with Crippen molar-refractivity contribution in [1.82, 2.24) is 9.97 Å². The van der Waals surface area contributed by atoms with Gasteiger partial charge in [-0.25, -0.2) is 9.97 Å². The number of amides is 1. The average Bonchev–Trinajstić information content (AvgIpc) is 2.75. The first-order valence-corrected chi connectivity index (χ1v) is 10.3. The fourth-order valence-corrected chi connectivity index (χ4v) is 4.68. The van der Waals surface area contributed by atoms with Gasteiger partial charge in [-0.05, 0) is 44.9 Å². The van der Waals surface area contributed by atoms with Crippen LogP contribution in [0.5, 0.6) is 0 Å². The van der Waals surface area contributed by atoms with Crippen molar-refractivity contribution >= 4 is 35.1 Å². The Morgan fingerprint density at radius 3 is 2.64 bits per heavy atom. The zero-order valence-corrected chi connectivity index (χ0v) is 16.7. The second-order valence-corrected chi connectivity index (χ2v) is 8.74. The van der Waals surface area contributed by atoms with Crippen molar-refractivity contribution in [3.63, 3.8) is 0 Å². The van der Waals surface area contributed by atoms with E-state index in [4.69, 9.17) is 0 Å². The number of para-hydroxylation sites is 1. The second-order valence-electron chi connectivity index (χ2n) is 6.32. The van der Waals surface area contributed by atoms with E-state index in [1.165, 1.54) is 16.7 Å². The number of hydrogen-bond donors (Lipinski definition) is 0. The SMILES string of the molecule is Cc1nc(SCC(=O)N2CC[C@H](C)Sc3ccccc32)nc(C)c1C. The first-order chi connectivity index (χ1) is 12.0. The number of carbonyl (C=O) groups is 1. The van der Waals surface area contributed by atoms with Gasteiger partial charge in [-0.3, -0.25) is 4.79 Å². The topological polar surface area (TPSA) is 46.1 Å². The molecule has 4 nitrogen and oxygen atoms in total. The number of carbonyl (C=O) groups excluding carboxylic acids is 1. The van der Waals surface area contributed by atoms with E-state index in [2.05, 4.69) is 23.0 Å². The van der Waals surface area contributed by atoms with Crippen molar-refractivity contribution in [3.8, 4) is 0 Å². The third kappa shape index (κ3) is 4.18. The molecule has 6 heteroatoms. The first-order valence-electron chi connectivity index (χ1n) is 8.46. The van der Waals surface area contributed by atoms with Crippen LogP contribution in [0, 0.1) is 20.8 Å². The molecule has 0 saturated heterocycles. The highest BCUT2D eigenvalue weighted by Gasteiger charge is 2.24. The van der Waals surface area contributed by atoms with Crippen LogP contribution in [0.15, 0.2) is 34.3 Å². The molecule has 25 heavy (non-hydrogen) atoms. The summed E-state index contributed by atoms with van der Waals surface area (Å²) in [6, 6.07) is 8.18. The van der Waals surface area contributed by atoms with Gasteiger partial charge in [0.15, 0.2) is 5.16 Å². The van der Waals surface area contributed by atoms with Gasteiger partial charge in [0.2, 0.25) is 5.91 Å². The molecule has 0 unspecified atom stereocenters. The zero-order valence-electron chi connectivity index (χ0n) is 15.1. The van der Waals surface area contributed by atoms with Crippen LogP contribution in [0.25, 0.3) is 0 Å². The van der Waals surface area contributed by atoms with Gasteiger partial charge in [-0.2, -0.15) is 0 Å². The van der Waals surface area contributed by atoms with E-state index in [-0.39, 0.29) is 5.91 Å². The fourth-order valence-electron chi connectivity index (χ4n) is 2.76. The first kappa shape index (κ1) is 18.3. The van der Waals surface area contributed by atoms with Crippen molar-refractivity contribution < 1.29 is 4.79 Å². The molecular formula is C19H23N3OS2. The molecule has 1 aromatic carbocycles. The predicted molar refractivity (Wildman–Crippen MR) is 106 cm³/mol. The van der Waals surface area contributed by atoms with Gasteiger partial charge in [0.25, 0.3) is 0 Å². The Kier molecular flexibility index (Phi) is 5.69. The van der Waals surface area contributed by atoms with Crippen LogP contribution >= 0.6 is 23.5 Å². The number of nitrogens with zero attached hydrogens (tertiary/aromatic N) is 3. The number of fused-ring (bicyclic) bond motifs is 1. The maximum Gasteiger partial charge on any atom is 0.237 e. The normalized spacial score (nSPS) is 17.1. The van der Waals surface area contributed by atoms with E-state index in [1.807, 2.05) is 55.6 Å². The van der Waals surface area contributed by atoms with Crippen molar-refractivity contribution in [2.75, 3.05) is 17.2 Å². The zero-order chi connectivity index (χ0) is 18.0. The molecule has 0 saturated carbocycles. The van der Waals surface area contributed by atoms with Gasteiger partial charge in [-0.1, -0.05) is 30.8 Å². The van der Waals surface area contributed by atoms with E-state index in [1.54, 1.807) is 0 Å². The quantitative estimate of drug-likeness (QED) is 0.589. The molecule has 0 N–H and O–H groups in total. The second kappa shape index (κ2) is 7.79. The van der Waals surface area contributed by atoms with Crippen LogP contribution in [0.2, 0.25) is 0 Å². The minimum atomic E-state index is 0.117. The van der Waals surface area contributed by atoms with Crippen LogP contribution in [-0.4, -0.2) is 33.4 Å². The lowest BCUT2D eigenvalue weighted by molar-refractivity contribution is -0.116. The molecule has 1 aliphatic rings. The minimum Gasteiger partial charge on any atom is -0.311 e. The molecule has 2 aromatic rings. The molecular weight excluding hydrogens is 350 g/mol.